The smallest absolute Gasteiger partial charge is 0.338 e. The number of ether oxygens (including phenoxy) is 1. The Kier molecular flexibility index (Phi) is 4.49. The molecule has 0 saturated heterocycles. The van der Waals surface area contributed by atoms with Crippen molar-refractivity contribution < 1.29 is 14.6 Å². The van der Waals surface area contributed by atoms with Crippen LogP contribution in [0, 0.1) is 6.92 Å². The number of aromatic nitrogens is 2. The number of carboxylic acid groups (broad SMARTS) is 1. The van der Waals surface area contributed by atoms with Gasteiger partial charge in [-0.05, 0) is 42.2 Å². The molecule has 130 valence electrons. The zero-order valence-electron chi connectivity index (χ0n) is 14.9. The third-order valence-corrected chi connectivity index (χ3v) is 4.39. The van der Waals surface area contributed by atoms with E-state index in [0.29, 0.717) is 17.7 Å². The molecule has 3 rings (SSSR count). The molecule has 0 unspecified atom stereocenters. The molecular formula is C20H22N2O3. The van der Waals surface area contributed by atoms with Gasteiger partial charge in [0.1, 0.15) is 5.75 Å². The fourth-order valence-electron chi connectivity index (χ4n) is 3.23. The first-order valence-corrected chi connectivity index (χ1v) is 8.27. The van der Waals surface area contributed by atoms with Crippen molar-refractivity contribution in [3.63, 3.8) is 0 Å². The van der Waals surface area contributed by atoms with Crippen LogP contribution in [0.3, 0.4) is 0 Å². The number of pyridine rings is 1. The molecule has 2 aromatic heterocycles. The van der Waals surface area contributed by atoms with Crippen molar-refractivity contribution in [2.45, 2.75) is 33.2 Å². The topological polar surface area (TPSA) is 64.3 Å². The van der Waals surface area contributed by atoms with E-state index in [0.717, 1.165) is 22.3 Å². The van der Waals surface area contributed by atoms with Gasteiger partial charge in [-0.25, -0.2) is 4.79 Å². The summed E-state index contributed by atoms with van der Waals surface area (Å²) in [5, 5.41) is 10.3. The number of benzene rings is 1. The van der Waals surface area contributed by atoms with Gasteiger partial charge in [0.05, 0.1) is 35.8 Å². The molecule has 5 nitrogen and oxygen atoms in total. The maximum Gasteiger partial charge on any atom is 0.338 e. The van der Waals surface area contributed by atoms with Gasteiger partial charge in [-0.2, -0.15) is 0 Å². The summed E-state index contributed by atoms with van der Waals surface area (Å²) in [5.41, 5.74) is 4.26. The summed E-state index contributed by atoms with van der Waals surface area (Å²) >= 11 is 0. The van der Waals surface area contributed by atoms with Crippen molar-refractivity contribution in [1.82, 2.24) is 9.55 Å². The number of rotatable bonds is 5. The van der Waals surface area contributed by atoms with E-state index in [4.69, 9.17) is 4.74 Å². The number of hydrogen-bond donors (Lipinski definition) is 1. The second-order valence-corrected chi connectivity index (χ2v) is 6.54. The quantitative estimate of drug-likeness (QED) is 0.756. The summed E-state index contributed by atoms with van der Waals surface area (Å²) in [6, 6.07) is 7.82. The Labute approximate surface area is 146 Å². The number of aryl methyl sites for hydroxylation is 1. The van der Waals surface area contributed by atoms with Gasteiger partial charge in [0.25, 0.3) is 0 Å². The van der Waals surface area contributed by atoms with Crippen LogP contribution in [0.5, 0.6) is 5.75 Å². The molecular weight excluding hydrogens is 316 g/mol. The third-order valence-electron chi connectivity index (χ3n) is 4.39. The normalized spacial score (nSPS) is 11.2. The first-order valence-electron chi connectivity index (χ1n) is 8.27. The van der Waals surface area contributed by atoms with Crippen LogP contribution in [0.2, 0.25) is 0 Å². The lowest BCUT2D eigenvalue weighted by Crippen LogP contribution is -2.03. The largest absolute Gasteiger partial charge is 0.496 e. The highest BCUT2D eigenvalue weighted by atomic mass is 16.5. The second-order valence-electron chi connectivity index (χ2n) is 6.54. The molecule has 0 aliphatic rings. The van der Waals surface area contributed by atoms with Crippen LogP contribution in [0.1, 0.15) is 46.9 Å². The van der Waals surface area contributed by atoms with Gasteiger partial charge in [-0.15, -0.1) is 0 Å². The van der Waals surface area contributed by atoms with Crippen molar-refractivity contribution >= 4 is 16.9 Å². The standard InChI is InChI=1S/C20H22N2O3/c1-12(2)15-5-6-17(25-4)18-16(20(23)24)11-22(19(15)18)10-14-9-13(3)7-8-21-14/h5-9,11-12H,10H2,1-4H3,(H,23,24). The van der Waals surface area contributed by atoms with E-state index in [1.165, 1.54) is 0 Å². The van der Waals surface area contributed by atoms with E-state index in [2.05, 4.69) is 18.8 Å². The van der Waals surface area contributed by atoms with Crippen LogP contribution in [-0.4, -0.2) is 27.7 Å². The van der Waals surface area contributed by atoms with Gasteiger partial charge in [0.2, 0.25) is 0 Å². The lowest BCUT2D eigenvalue weighted by Gasteiger charge is -2.14. The summed E-state index contributed by atoms with van der Waals surface area (Å²) in [7, 11) is 1.56. The number of carbonyl (C=O) groups is 1. The molecule has 0 saturated carbocycles. The van der Waals surface area contributed by atoms with E-state index in [1.54, 1.807) is 19.5 Å². The molecule has 25 heavy (non-hydrogen) atoms. The van der Waals surface area contributed by atoms with Gasteiger partial charge < -0.3 is 14.4 Å². The summed E-state index contributed by atoms with van der Waals surface area (Å²) < 4.78 is 7.41. The molecule has 0 fully saturated rings. The number of aromatic carboxylic acids is 1. The summed E-state index contributed by atoms with van der Waals surface area (Å²) in [5.74, 6) is -0.123. The minimum atomic E-state index is -0.958. The Morgan fingerprint density at radius 3 is 2.68 bits per heavy atom. The monoisotopic (exact) mass is 338 g/mol. The maximum atomic E-state index is 11.8. The van der Waals surface area contributed by atoms with Crippen LogP contribution >= 0.6 is 0 Å². The first-order chi connectivity index (χ1) is 11.9. The van der Waals surface area contributed by atoms with E-state index in [-0.39, 0.29) is 11.5 Å². The molecule has 0 amide bonds. The van der Waals surface area contributed by atoms with Crippen LogP contribution in [0.25, 0.3) is 10.9 Å². The van der Waals surface area contributed by atoms with E-state index in [9.17, 15) is 9.90 Å². The highest BCUT2D eigenvalue weighted by molar-refractivity contribution is 6.07. The van der Waals surface area contributed by atoms with Crippen molar-refractivity contribution in [2.75, 3.05) is 7.11 Å². The average Bonchev–Trinajstić information content (AvgIpc) is 2.94. The molecule has 1 N–H and O–H groups in total. The Hall–Kier alpha value is -2.82. The summed E-state index contributed by atoms with van der Waals surface area (Å²) in [6.07, 6.45) is 3.46. The van der Waals surface area contributed by atoms with Crippen molar-refractivity contribution in [2.24, 2.45) is 0 Å². The fourth-order valence-corrected chi connectivity index (χ4v) is 3.23. The Balaban J connectivity index is 2.29. The lowest BCUT2D eigenvalue weighted by molar-refractivity contribution is 0.0698. The van der Waals surface area contributed by atoms with Crippen molar-refractivity contribution in [3.05, 3.63) is 59.0 Å². The summed E-state index contributed by atoms with van der Waals surface area (Å²) in [6.45, 7) is 6.73. The predicted molar refractivity (Wildman–Crippen MR) is 97.6 cm³/mol. The van der Waals surface area contributed by atoms with Gasteiger partial charge in [-0.3, -0.25) is 4.98 Å². The van der Waals surface area contributed by atoms with Crippen LogP contribution in [0.4, 0.5) is 0 Å². The molecule has 0 bridgehead atoms. The number of carboxylic acids is 1. The Morgan fingerprint density at radius 1 is 1.32 bits per heavy atom. The number of nitrogens with zero attached hydrogens (tertiary/aromatic N) is 2. The van der Waals surface area contributed by atoms with Crippen molar-refractivity contribution in [3.8, 4) is 5.75 Å². The maximum absolute atomic E-state index is 11.8. The molecule has 0 aliphatic carbocycles. The van der Waals surface area contributed by atoms with E-state index < -0.39 is 5.97 Å². The lowest BCUT2D eigenvalue weighted by atomic mass is 9.99. The zero-order chi connectivity index (χ0) is 18.1. The molecule has 0 spiro atoms. The number of hydrogen-bond acceptors (Lipinski definition) is 3. The van der Waals surface area contributed by atoms with Crippen LogP contribution in [0.15, 0.2) is 36.7 Å². The molecule has 0 aliphatic heterocycles. The first kappa shape index (κ1) is 17.0. The molecule has 1 aromatic carbocycles. The zero-order valence-corrected chi connectivity index (χ0v) is 14.9. The SMILES string of the molecule is COc1ccc(C(C)C)c2c1c(C(=O)O)cn2Cc1cc(C)ccn1. The van der Waals surface area contributed by atoms with E-state index >= 15 is 0 Å². The Morgan fingerprint density at radius 2 is 2.08 bits per heavy atom. The minimum Gasteiger partial charge on any atom is -0.496 e. The molecule has 2 heterocycles. The van der Waals surface area contributed by atoms with Crippen molar-refractivity contribution in [1.29, 1.82) is 0 Å². The number of methoxy groups -OCH3 is 1. The fraction of sp³-hybridized carbons (Fsp3) is 0.300. The average molecular weight is 338 g/mol. The van der Waals surface area contributed by atoms with Crippen LogP contribution in [-0.2, 0) is 6.54 Å². The highest BCUT2D eigenvalue weighted by Gasteiger charge is 2.22. The molecule has 3 aromatic rings. The number of fused-ring (bicyclic) bond motifs is 1. The van der Waals surface area contributed by atoms with Gasteiger partial charge >= 0.3 is 5.97 Å². The summed E-state index contributed by atoms with van der Waals surface area (Å²) in [4.78, 5) is 16.2. The second kappa shape index (κ2) is 6.59. The predicted octanol–water partition coefficient (Wildman–Crippen LogP) is 4.22. The third kappa shape index (κ3) is 3.09. The Bertz CT molecular complexity index is 942. The highest BCUT2D eigenvalue weighted by Crippen LogP contribution is 2.36. The minimum absolute atomic E-state index is 0.252. The van der Waals surface area contributed by atoms with Crippen LogP contribution < -0.4 is 4.74 Å². The molecule has 5 heteroatoms. The molecule has 0 atom stereocenters. The van der Waals surface area contributed by atoms with Gasteiger partial charge in [0.15, 0.2) is 0 Å². The van der Waals surface area contributed by atoms with E-state index in [1.807, 2.05) is 35.8 Å². The van der Waals surface area contributed by atoms with Gasteiger partial charge in [-0.1, -0.05) is 19.9 Å². The molecule has 0 radical (unpaired) electrons. The van der Waals surface area contributed by atoms with Gasteiger partial charge in [0, 0.05) is 12.4 Å².